The number of rotatable bonds is 6. The number of aliphatic hydroxyl groups excluding tert-OH is 1. The van der Waals surface area contributed by atoms with Gasteiger partial charge in [-0.3, -0.25) is 0 Å². The van der Waals surface area contributed by atoms with Crippen LogP contribution >= 0.6 is 0 Å². The number of nitrogens with one attached hydrogen (secondary N) is 1. The summed E-state index contributed by atoms with van der Waals surface area (Å²) >= 11 is 0. The molecule has 2 unspecified atom stereocenters. The fraction of sp³-hybridized carbons (Fsp3) is 0.438. The van der Waals surface area contributed by atoms with Gasteiger partial charge >= 0.3 is 0 Å². The maximum absolute atomic E-state index is 12.5. The highest BCUT2D eigenvalue weighted by molar-refractivity contribution is 5.76. The number of oxazole rings is 1. The van der Waals surface area contributed by atoms with Crippen LogP contribution in [0, 0.1) is 0 Å². The lowest BCUT2D eigenvalue weighted by atomic mass is 10.2. The molecule has 6 nitrogen and oxygen atoms in total. The number of nitrogens with zero attached hydrogens (tertiary/aromatic N) is 1. The van der Waals surface area contributed by atoms with E-state index in [4.69, 9.17) is 14.9 Å². The van der Waals surface area contributed by atoms with Crippen LogP contribution in [0.2, 0.25) is 0 Å². The maximum Gasteiger partial charge on any atom is 0.295 e. The number of benzene rings is 1. The van der Waals surface area contributed by atoms with Gasteiger partial charge in [-0.05, 0) is 31.4 Å². The zero-order valence-corrected chi connectivity index (χ0v) is 12.7. The van der Waals surface area contributed by atoms with Crippen LogP contribution in [0.25, 0.3) is 11.1 Å². The highest BCUT2D eigenvalue weighted by atomic mass is 19.1. The van der Waals surface area contributed by atoms with Gasteiger partial charge in [-0.1, -0.05) is 0 Å². The van der Waals surface area contributed by atoms with Gasteiger partial charge in [0.1, 0.15) is 17.9 Å². The van der Waals surface area contributed by atoms with Gasteiger partial charge in [0.25, 0.3) is 6.01 Å². The number of aromatic nitrogens is 1. The van der Waals surface area contributed by atoms with Crippen molar-refractivity contribution < 1.29 is 18.7 Å². The first-order valence-corrected chi connectivity index (χ1v) is 7.64. The molecule has 3 rings (SSSR count). The summed E-state index contributed by atoms with van der Waals surface area (Å²) in [6.45, 7) is 0.208. The van der Waals surface area contributed by atoms with Crippen LogP contribution in [-0.2, 0) is 0 Å². The number of aliphatic hydroxyl groups is 1. The summed E-state index contributed by atoms with van der Waals surface area (Å²) in [5, 5.41) is 12.7. The van der Waals surface area contributed by atoms with E-state index in [1.165, 1.54) is 0 Å². The highest BCUT2D eigenvalue weighted by Gasteiger charge is 2.23. The Labute approximate surface area is 133 Å². The standard InChI is InChI=1S/C16H20FN3O3/c17-7-10(8-18)9-22-13-3-4-14-15(6-13)23-16(20-14)19-11-1-2-12(21)5-11/h3-4,6-7,11-12,21H,1-2,5,8-9,18H2,(H,19,20)/b10-7+. The molecule has 0 bridgehead atoms. The summed E-state index contributed by atoms with van der Waals surface area (Å²) < 4.78 is 23.6. The molecule has 2 atom stereocenters. The smallest absolute Gasteiger partial charge is 0.295 e. The number of ether oxygens (including phenoxy) is 1. The summed E-state index contributed by atoms with van der Waals surface area (Å²) in [6.07, 6.45) is 2.60. The average molecular weight is 321 g/mol. The second-order valence-corrected chi connectivity index (χ2v) is 5.72. The summed E-state index contributed by atoms with van der Waals surface area (Å²) in [5.41, 5.74) is 7.06. The van der Waals surface area contributed by atoms with E-state index in [2.05, 4.69) is 10.3 Å². The maximum atomic E-state index is 12.5. The Morgan fingerprint density at radius 2 is 2.39 bits per heavy atom. The van der Waals surface area contributed by atoms with Crippen LogP contribution in [0.3, 0.4) is 0 Å². The Hall–Kier alpha value is -2.12. The predicted molar refractivity (Wildman–Crippen MR) is 85.0 cm³/mol. The van der Waals surface area contributed by atoms with Gasteiger partial charge in [-0.15, -0.1) is 0 Å². The number of halogens is 1. The molecule has 1 fully saturated rings. The van der Waals surface area contributed by atoms with Crippen LogP contribution in [0.5, 0.6) is 5.75 Å². The van der Waals surface area contributed by atoms with E-state index in [9.17, 15) is 9.50 Å². The van der Waals surface area contributed by atoms with Gasteiger partial charge in [0.05, 0.1) is 12.4 Å². The number of fused-ring (bicyclic) bond motifs is 1. The Balaban J connectivity index is 1.68. The van der Waals surface area contributed by atoms with Gasteiger partial charge in [-0.25, -0.2) is 4.39 Å². The normalized spacial score (nSPS) is 21.8. The molecule has 1 aliphatic rings. The van der Waals surface area contributed by atoms with Gasteiger partial charge in [0.15, 0.2) is 5.58 Å². The highest BCUT2D eigenvalue weighted by Crippen LogP contribution is 2.27. The fourth-order valence-electron chi connectivity index (χ4n) is 2.63. The van der Waals surface area contributed by atoms with Crippen molar-refractivity contribution in [2.45, 2.75) is 31.4 Å². The van der Waals surface area contributed by atoms with Crippen molar-refractivity contribution >= 4 is 17.1 Å². The summed E-state index contributed by atoms with van der Waals surface area (Å²) in [4.78, 5) is 4.36. The van der Waals surface area contributed by atoms with Gasteiger partial charge in [0, 0.05) is 24.2 Å². The second-order valence-electron chi connectivity index (χ2n) is 5.72. The summed E-state index contributed by atoms with van der Waals surface area (Å²) in [7, 11) is 0. The lowest BCUT2D eigenvalue weighted by Gasteiger charge is -2.08. The topological polar surface area (TPSA) is 93.5 Å². The molecular formula is C16H20FN3O3. The Bertz CT molecular complexity index is 701. The first-order chi connectivity index (χ1) is 11.2. The number of hydrogen-bond donors (Lipinski definition) is 3. The largest absolute Gasteiger partial charge is 0.489 e. The molecule has 2 aromatic rings. The quantitative estimate of drug-likeness (QED) is 0.756. The fourth-order valence-corrected chi connectivity index (χ4v) is 2.63. The minimum atomic E-state index is -0.253. The third-order valence-electron chi connectivity index (χ3n) is 3.93. The first-order valence-electron chi connectivity index (χ1n) is 7.64. The third kappa shape index (κ3) is 3.80. The molecule has 0 spiro atoms. The summed E-state index contributed by atoms with van der Waals surface area (Å²) in [5.74, 6) is 0.560. The molecule has 23 heavy (non-hydrogen) atoms. The van der Waals surface area contributed by atoms with Crippen LogP contribution in [0.1, 0.15) is 19.3 Å². The zero-order chi connectivity index (χ0) is 16.2. The van der Waals surface area contributed by atoms with E-state index in [1.807, 2.05) is 0 Å². The van der Waals surface area contributed by atoms with Crippen LogP contribution in [0.15, 0.2) is 34.5 Å². The van der Waals surface area contributed by atoms with Crippen molar-refractivity contribution in [2.24, 2.45) is 5.73 Å². The minimum Gasteiger partial charge on any atom is -0.489 e. The van der Waals surface area contributed by atoms with E-state index in [1.54, 1.807) is 18.2 Å². The van der Waals surface area contributed by atoms with E-state index in [0.717, 1.165) is 12.8 Å². The molecule has 1 aromatic heterocycles. The Morgan fingerprint density at radius 3 is 3.09 bits per heavy atom. The van der Waals surface area contributed by atoms with Crippen molar-refractivity contribution in [3.05, 3.63) is 30.1 Å². The van der Waals surface area contributed by atoms with Crippen molar-refractivity contribution in [1.29, 1.82) is 0 Å². The van der Waals surface area contributed by atoms with E-state index < -0.39 is 0 Å². The van der Waals surface area contributed by atoms with Crippen molar-refractivity contribution in [1.82, 2.24) is 4.98 Å². The molecule has 0 saturated heterocycles. The molecule has 0 radical (unpaired) electrons. The minimum absolute atomic E-state index is 0.0950. The first kappa shape index (κ1) is 15.8. The van der Waals surface area contributed by atoms with Gasteiger partial charge in [0.2, 0.25) is 0 Å². The molecule has 1 heterocycles. The molecule has 0 amide bonds. The molecule has 1 saturated carbocycles. The van der Waals surface area contributed by atoms with Crippen LogP contribution in [0.4, 0.5) is 10.4 Å². The monoisotopic (exact) mass is 321 g/mol. The number of hydrogen-bond acceptors (Lipinski definition) is 6. The van der Waals surface area contributed by atoms with Crippen molar-refractivity contribution in [3.8, 4) is 5.75 Å². The molecule has 124 valence electrons. The van der Waals surface area contributed by atoms with Crippen molar-refractivity contribution in [3.63, 3.8) is 0 Å². The van der Waals surface area contributed by atoms with Crippen LogP contribution in [-0.4, -0.2) is 35.4 Å². The third-order valence-corrected chi connectivity index (χ3v) is 3.93. The molecule has 4 N–H and O–H groups in total. The lowest BCUT2D eigenvalue weighted by Crippen LogP contribution is -2.16. The molecule has 0 aliphatic heterocycles. The van der Waals surface area contributed by atoms with E-state index in [-0.39, 0.29) is 25.3 Å². The second kappa shape index (κ2) is 6.97. The van der Waals surface area contributed by atoms with Gasteiger partial charge < -0.3 is 25.3 Å². The van der Waals surface area contributed by atoms with Crippen LogP contribution < -0.4 is 15.8 Å². The van der Waals surface area contributed by atoms with E-state index >= 15 is 0 Å². The SMILES string of the molecule is NC/C(=C\F)COc1ccc2nc(NC3CCC(O)C3)oc2c1. The molecule has 7 heteroatoms. The van der Waals surface area contributed by atoms with Gasteiger partial charge in [-0.2, -0.15) is 4.98 Å². The molecule has 1 aromatic carbocycles. The Morgan fingerprint density at radius 1 is 1.52 bits per heavy atom. The average Bonchev–Trinajstić information content (AvgIpc) is 3.13. The number of nitrogens with two attached hydrogens (primary N) is 1. The molecular weight excluding hydrogens is 301 g/mol. The zero-order valence-electron chi connectivity index (χ0n) is 12.7. The molecule has 1 aliphatic carbocycles. The summed E-state index contributed by atoms with van der Waals surface area (Å²) in [6, 6.07) is 5.85. The lowest BCUT2D eigenvalue weighted by molar-refractivity contribution is 0.182. The van der Waals surface area contributed by atoms with Crippen molar-refractivity contribution in [2.75, 3.05) is 18.5 Å². The predicted octanol–water partition coefficient (Wildman–Crippen LogP) is 2.34. The van der Waals surface area contributed by atoms with E-state index in [0.29, 0.717) is 41.2 Å². The Kier molecular flexibility index (Phi) is 4.78. The number of anilines is 1.